The minimum absolute atomic E-state index is 0.00458. The zero-order valence-electron chi connectivity index (χ0n) is 14.8. The van der Waals surface area contributed by atoms with Crippen molar-refractivity contribution >= 4 is 17.9 Å². The third-order valence-corrected chi connectivity index (χ3v) is 2.57. The molecular weight excluding hydrogens is 348 g/mol. The number of aliphatic hydroxyl groups excluding tert-OH is 3. The average molecular weight is 376 g/mol. The highest BCUT2D eigenvalue weighted by Crippen LogP contribution is 2.00. The lowest BCUT2D eigenvalue weighted by molar-refractivity contribution is -0.133. The predicted molar refractivity (Wildman–Crippen MR) is 94.7 cm³/mol. The smallest absolute Gasteiger partial charge is 0.331 e. The van der Waals surface area contributed by atoms with E-state index in [-0.39, 0.29) is 43.0 Å². The third kappa shape index (κ3) is 21.5. The molecular formula is C17H28O9. The van der Waals surface area contributed by atoms with E-state index in [1.54, 1.807) is 0 Å². The number of carboxylic acids is 3. The lowest BCUT2D eigenvalue weighted by atomic mass is 10.2. The quantitative estimate of drug-likeness (QED) is 0.302. The van der Waals surface area contributed by atoms with Gasteiger partial charge in [-0.25, -0.2) is 14.4 Å². The van der Waals surface area contributed by atoms with E-state index in [9.17, 15) is 14.4 Å². The molecule has 0 amide bonds. The Morgan fingerprint density at radius 1 is 0.769 bits per heavy atom. The first-order valence-corrected chi connectivity index (χ1v) is 7.59. The minimum atomic E-state index is -1.04. The van der Waals surface area contributed by atoms with Crippen LogP contribution < -0.4 is 0 Å². The van der Waals surface area contributed by atoms with Gasteiger partial charge in [0.15, 0.2) is 0 Å². The lowest BCUT2D eigenvalue weighted by Gasteiger charge is -1.94. The van der Waals surface area contributed by atoms with Crippen LogP contribution in [0.2, 0.25) is 0 Å². The molecule has 9 nitrogen and oxygen atoms in total. The van der Waals surface area contributed by atoms with E-state index in [1.807, 2.05) is 0 Å². The Labute approximate surface area is 152 Å². The van der Waals surface area contributed by atoms with Gasteiger partial charge in [0.2, 0.25) is 0 Å². The summed E-state index contributed by atoms with van der Waals surface area (Å²) in [6, 6.07) is 0. The van der Waals surface area contributed by atoms with Gasteiger partial charge < -0.3 is 30.6 Å². The molecule has 0 aromatic rings. The Bertz CT molecular complexity index is 492. The van der Waals surface area contributed by atoms with Crippen molar-refractivity contribution in [2.24, 2.45) is 0 Å². The number of carboxylic acid groups (broad SMARTS) is 3. The molecule has 26 heavy (non-hydrogen) atoms. The monoisotopic (exact) mass is 376 g/mol. The zero-order valence-corrected chi connectivity index (χ0v) is 14.8. The highest BCUT2D eigenvalue weighted by atomic mass is 16.4. The Balaban J connectivity index is -0.000000306. The Morgan fingerprint density at radius 3 is 1.50 bits per heavy atom. The molecule has 0 aromatic carbocycles. The maximum absolute atomic E-state index is 10.1. The van der Waals surface area contributed by atoms with E-state index in [4.69, 9.17) is 30.6 Å². The molecule has 0 heterocycles. The van der Waals surface area contributed by atoms with Crippen molar-refractivity contribution in [3.05, 3.63) is 36.0 Å². The molecule has 0 aliphatic carbocycles. The number of carbonyl (C=O) groups is 3. The van der Waals surface area contributed by atoms with Gasteiger partial charge in [0.1, 0.15) is 0 Å². The van der Waals surface area contributed by atoms with Crippen LogP contribution in [0.5, 0.6) is 0 Å². The van der Waals surface area contributed by atoms with Crippen molar-refractivity contribution in [3.8, 4) is 0 Å². The van der Waals surface area contributed by atoms with Crippen molar-refractivity contribution in [2.75, 3.05) is 19.8 Å². The molecule has 150 valence electrons. The summed E-state index contributed by atoms with van der Waals surface area (Å²) in [5.74, 6) is -2.95. The van der Waals surface area contributed by atoms with Gasteiger partial charge in [0.25, 0.3) is 0 Å². The van der Waals surface area contributed by atoms with E-state index in [0.717, 1.165) is 0 Å². The first-order valence-electron chi connectivity index (χ1n) is 7.59. The Kier molecular flexibility index (Phi) is 20.5. The summed E-state index contributed by atoms with van der Waals surface area (Å²) in [5, 5.41) is 49.3. The molecule has 0 bridgehead atoms. The normalized spacial score (nSPS) is 9.77. The Hall–Kier alpha value is -2.49. The van der Waals surface area contributed by atoms with Crippen LogP contribution in [0, 0.1) is 0 Å². The lowest BCUT2D eigenvalue weighted by Crippen LogP contribution is -2.00. The van der Waals surface area contributed by atoms with E-state index in [0.29, 0.717) is 19.3 Å². The fraction of sp³-hybridized carbons (Fsp3) is 0.471. The molecule has 0 fully saturated rings. The summed E-state index contributed by atoms with van der Waals surface area (Å²) in [4.78, 5) is 30.0. The molecule has 0 saturated heterocycles. The van der Waals surface area contributed by atoms with Crippen molar-refractivity contribution in [1.82, 2.24) is 0 Å². The average Bonchev–Trinajstić information content (AvgIpc) is 2.58. The van der Waals surface area contributed by atoms with E-state index < -0.39 is 17.9 Å². The maximum Gasteiger partial charge on any atom is 0.331 e. The van der Waals surface area contributed by atoms with Crippen molar-refractivity contribution in [1.29, 1.82) is 0 Å². The van der Waals surface area contributed by atoms with Crippen molar-refractivity contribution < 1.29 is 45.0 Å². The summed E-state index contributed by atoms with van der Waals surface area (Å²) in [6.07, 6.45) is 2.90. The summed E-state index contributed by atoms with van der Waals surface area (Å²) in [6.45, 7) is 7.84. The second kappa shape index (κ2) is 18.8. The molecule has 0 saturated carbocycles. The van der Waals surface area contributed by atoms with E-state index >= 15 is 0 Å². The summed E-state index contributed by atoms with van der Waals surface area (Å²) >= 11 is 0. The van der Waals surface area contributed by atoms with Gasteiger partial charge in [0.05, 0.1) is 0 Å². The van der Waals surface area contributed by atoms with Crippen molar-refractivity contribution in [3.63, 3.8) is 0 Å². The molecule has 6 N–H and O–H groups in total. The topological polar surface area (TPSA) is 173 Å². The van der Waals surface area contributed by atoms with Crippen LogP contribution in [0.1, 0.15) is 32.6 Å². The van der Waals surface area contributed by atoms with Gasteiger partial charge in [0, 0.05) is 43.0 Å². The second-order valence-electron chi connectivity index (χ2n) is 4.82. The zero-order chi connectivity index (χ0) is 21.1. The third-order valence-electron chi connectivity index (χ3n) is 2.57. The molecule has 9 heteroatoms. The van der Waals surface area contributed by atoms with Crippen LogP contribution in [0.25, 0.3) is 0 Å². The second-order valence-corrected chi connectivity index (χ2v) is 4.82. The number of hydrogen-bond donors (Lipinski definition) is 6. The summed E-state index contributed by atoms with van der Waals surface area (Å²) < 4.78 is 0. The largest absolute Gasteiger partial charge is 0.478 e. The van der Waals surface area contributed by atoms with E-state index in [2.05, 4.69) is 13.2 Å². The van der Waals surface area contributed by atoms with Gasteiger partial charge in [-0.1, -0.05) is 19.2 Å². The van der Waals surface area contributed by atoms with Crippen LogP contribution in [0.4, 0.5) is 0 Å². The van der Waals surface area contributed by atoms with Gasteiger partial charge >= 0.3 is 17.9 Å². The number of hydrogen-bond acceptors (Lipinski definition) is 6. The van der Waals surface area contributed by atoms with Gasteiger partial charge in [-0.2, -0.15) is 0 Å². The van der Waals surface area contributed by atoms with Gasteiger partial charge in [-0.3, -0.25) is 0 Å². The van der Waals surface area contributed by atoms with Crippen LogP contribution >= 0.6 is 0 Å². The first-order chi connectivity index (χ1) is 12.0. The van der Waals surface area contributed by atoms with Gasteiger partial charge in [-0.05, 0) is 26.2 Å². The Morgan fingerprint density at radius 2 is 1.23 bits per heavy atom. The molecule has 0 atom stereocenters. The van der Waals surface area contributed by atoms with Gasteiger partial charge in [-0.15, -0.1) is 0 Å². The minimum Gasteiger partial charge on any atom is -0.478 e. The summed E-state index contributed by atoms with van der Waals surface area (Å²) in [5.41, 5.74) is 0.487. The number of aliphatic carboxylic acids is 3. The van der Waals surface area contributed by atoms with Crippen LogP contribution in [-0.4, -0.2) is 68.4 Å². The van der Waals surface area contributed by atoms with Crippen molar-refractivity contribution in [2.45, 2.75) is 32.6 Å². The molecule has 0 spiro atoms. The van der Waals surface area contributed by atoms with Crippen LogP contribution in [-0.2, 0) is 14.4 Å². The van der Waals surface area contributed by atoms with E-state index in [1.165, 1.54) is 13.0 Å². The highest BCUT2D eigenvalue weighted by Gasteiger charge is 2.01. The standard InChI is InChI=1S/2C6H10O3.C5H8O3/c2*1-5(6(8)9)3-2-4-7;1-4(2-3-6)5(7)8/h3,7H,2,4H2,1H3,(H,8,9);7H,1-4H2,(H,8,9);6H,1-3H2,(H,7,8). The molecule has 0 rings (SSSR count). The molecule has 0 unspecified atom stereocenters. The van der Waals surface area contributed by atoms with Crippen LogP contribution in [0.3, 0.4) is 0 Å². The van der Waals surface area contributed by atoms with Crippen LogP contribution in [0.15, 0.2) is 36.0 Å². The maximum atomic E-state index is 10.1. The number of rotatable bonds is 10. The first kappa shape index (κ1) is 28.3. The SMILES string of the molecule is C=C(CCCO)C(=O)O.C=C(CCO)C(=O)O.CC(=CCCO)C(=O)O. The number of aliphatic hydroxyl groups is 3. The molecule has 0 radical (unpaired) electrons. The predicted octanol–water partition coefficient (Wildman–Crippen LogP) is 0.809. The molecule has 0 aliphatic rings. The summed E-state index contributed by atoms with van der Waals surface area (Å²) in [7, 11) is 0. The molecule has 0 aromatic heterocycles. The fourth-order valence-electron chi connectivity index (χ4n) is 1.01. The fourth-order valence-corrected chi connectivity index (χ4v) is 1.01. The highest BCUT2D eigenvalue weighted by molar-refractivity contribution is 5.86. The molecule has 0 aliphatic heterocycles.